The van der Waals surface area contributed by atoms with Gasteiger partial charge in [-0.25, -0.2) is 13.1 Å². The van der Waals surface area contributed by atoms with Gasteiger partial charge in [0.25, 0.3) is 0 Å². The Morgan fingerprint density at radius 1 is 1.21 bits per heavy atom. The Bertz CT molecular complexity index is 615. The first-order valence-electron chi connectivity index (χ1n) is 8.22. The van der Waals surface area contributed by atoms with Gasteiger partial charge in [-0.05, 0) is 55.4 Å². The normalized spacial score (nSPS) is 14.2. The van der Waals surface area contributed by atoms with Gasteiger partial charge in [-0.15, -0.1) is 0 Å². The van der Waals surface area contributed by atoms with Gasteiger partial charge in [0.05, 0.1) is 5.75 Å². The minimum absolute atomic E-state index is 0.0420. The van der Waals surface area contributed by atoms with E-state index in [2.05, 4.69) is 23.9 Å². The maximum absolute atomic E-state index is 12.4. The van der Waals surface area contributed by atoms with E-state index in [9.17, 15) is 13.2 Å². The highest BCUT2D eigenvalue weighted by molar-refractivity contribution is 7.98. The molecule has 1 amide bonds. The molecule has 7 heteroatoms. The van der Waals surface area contributed by atoms with Crippen LogP contribution in [0.5, 0.6) is 0 Å². The molecular weight excluding hydrogens is 344 g/mol. The molecule has 2 unspecified atom stereocenters. The van der Waals surface area contributed by atoms with Crippen LogP contribution >= 0.6 is 11.8 Å². The molecular formula is C17H28N2O3S2. The van der Waals surface area contributed by atoms with E-state index in [0.717, 1.165) is 6.42 Å². The summed E-state index contributed by atoms with van der Waals surface area (Å²) in [6.45, 7) is 5.85. The fourth-order valence-electron chi connectivity index (χ4n) is 2.14. The predicted octanol–water partition coefficient (Wildman–Crippen LogP) is 3.20. The molecule has 0 saturated heterocycles. The van der Waals surface area contributed by atoms with Crippen molar-refractivity contribution in [3.8, 4) is 0 Å². The van der Waals surface area contributed by atoms with Crippen molar-refractivity contribution in [2.45, 2.75) is 45.6 Å². The number of carbonyl (C=O) groups excluding carboxylic acids is 1. The van der Waals surface area contributed by atoms with Crippen molar-refractivity contribution in [2.24, 2.45) is 0 Å². The highest BCUT2D eigenvalue weighted by atomic mass is 32.2. The minimum Gasteiger partial charge on any atom is -0.325 e. The fraction of sp³-hybridized carbons (Fsp3) is 0.588. The van der Waals surface area contributed by atoms with E-state index in [0.29, 0.717) is 23.8 Å². The number of rotatable bonds is 10. The van der Waals surface area contributed by atoms with E-state index < -0.39 is 16.1 Å². The zero-order chi connectivity index (χ0) is 18.2. The summed E-state index contributed by atoms with van der Waals surface area (Å²) >= 11 is 1.58. The second-order valence-corrected chi connectivity index (χ2v) is 8.80. The van der Waals surface area contributed by atoms with E-state index in [1.54, 1.807) is 18.7 Å². The highest BCUT2D eigenvalue weighted by Gasteiger charge is 2.23. The summed E-state index contributed by atoms with van der Waals surface area (Å²) in [5, 5.41) is 2.81. The fourth-order valence-corrected chi connectivity index (χ4v) is 3.44. The topological polar surface area (TPSA) is 75.3 Å². The number of carbonyl (C=O) groups is 1. The van der Waals surface area contributed by atoms with Gasteiger partial charge in [0.2, 0.25) is 15.9 Å². The summed E-state index contributed by atoms with van der Waals surface area (Å²) in [5.41, 5.74) is 1.90. The van der Waals surface area contributed by atoms with E-state index in [1.165, 1.54) is 5.56 Å². The van der Waals surface area contributed by atoms with Gasteiger partial charge >= 0.3 is 0 Å². The van der Waals surface area contributed by atoms with Crippen molar-refractivity contribution >= 4 is 33.4 Å². The van der Waals surface area contributed by atoms with Crippen molar-refractivity contribution in [3.05, 3.63) is 29.8 Å². The van der Waals surface area contributed by atoms with Crippen LogP contribution in [-0.2, 0) is 14.8 Å². The third-order valence-corrected chi connectivity index (χ3v) is 6.04. The molecule has 0 aliphatic rings. The van der Waals surface area contributed by atoms with Crippen LogP contribution in [0.1, 0.15) is 45.1 Å². The average molecular weight is 373 g/mol. The van der Waals surface area contributed by atoms with E-state index in [1.807, 2.05) is 30.5 Å². The van der Waals surface area contributed by atoms with E-state index in [-0.39, 0.29) is 11.7 Å². The number of sulfonamides is 1. The van der Waals surface area contributed by atoms with Crippen molar-refractivity contribution in [1.29, 1.82) is 0 Å². The summed E-state index contributed by atoms with van der Waals surface area (Å²) in [7, 11) is -3.43. The Morgan fingerprint density at radius 3 is 2.33 bits per heavy atom. The predicted molar refractivity (Wildman–Crippen MR) is 103 cm³/mol. The molecule has 0 aromatic heterocycles. The first-order valence-corrected chi connectivity index (χ1v) is 11.3. The molecule has 2 atom stereocenters. The molecule has 136 valence electrons. The van der Waals surface area contributed by atoms with Crippen LogP contribution in [0.25, 0.3) is 0 Å². The molecule has 0 bridgehead atoms. The standard InChI is InChI=1S/C17H28N2O3S2/c1-5-13(3)14-7-9-15(10-8-14)18-17(20)16(11-12-23-4)19-24(21,22)6-2/h7-10,13,16,19H,5-6,11-12H2,1-4H3,(H,18,20). The van der Waals surface area contributed by atoms with Crippen molar-refractivity contribution < 1.29 is 13.2 Å². The molecule has 0 heterocycles. The molecule has 0 saturated carbocycles. The Morgan fingerprint density at radius 2 is 1.83 bits per heavy atom. The smallest absolute Gasteiger partial charge is 0.242 e. The summed E-state index contributed by atoms with van der Waals surface area (Å²) in [6, 6.07) is 6.96. The number of hydrogen-bond acceptors (Lipinski definition) is 4. The molecule has 5 nitrogen and oxygen atoms in total. The van der Waals surface area contributed by atoms with Crippen molar-refractivity contribution in [1.82, 2.24) is 4.72 Å². The Hall–Kier alpha value is -1.05. The number of anilines is 1. The monoisotopic (exact) mass is 372 g/mol. The lowest BCUT2D eigenvalue weighted by Gasteiger charge is -2.18. The summed E-state index contributed by atoms with van der Waals surface area (Å²) < 4.78 is 26.1. The maximum atomic E-state index is 12.4. The lowest BCUT2D eigenvalue weighted by Crippen LogP contribution is -2.44. The number of amides is 1. The average Bonchev–Trinajstić information content (AvgIpc) is 2.58. The molecule has 2 N–H and O–H groups in total. The largest absolute Gasteiger partial charge is 0.325 e. The van der Waals surface area contributed by atoms with Crippen molar-refractivity contribution in [2.75, 3.05) is 23.1 Å². The molecule has 24 heavy (non-hydrogen) atoms. The van der Waals surface area contributed by atoms with Gasteiger partial charge in [-0.2, -0.15) is 11.8 Å². The van der Waals surface area contributed by atoms with Crippen LogP contribution in [0.4, 0.5) is 5.69 Å². The summed E-state index contributed by atoms with van der Waals surface area (Å²) in [5.74, 6) is 0.814. The Labute approximate surface area is 150 Å². The van der Waals surface area contributed by atoms with Gasteiger partial charge < -0.3 is 5.32 Å². The number of hydrogen-bond donors (Lipinski definition) is 2. The molecule has 1 rings (SSSR count). The molecule has 0 radical (unpaired) electrons. The molecule has 0 aliphatic carbocycles. The quantitative estimate of drug-likeness (QED) is 0.661. The van der Waals surface area contributed by atoms with Gasteiger partial charge in [-0.1, -0.05) is 26.0 Å². The molecule has 0 spiro atoms. The first kappa shape index (κ1) is 21.0. The third-order valence-electron chi connectivity index (χ3n) is 3.99. The van der Waals surface area contributed by atoms with Gasteiger partial charge in [0.15, 0.2) is 0 Å². The molecule has 1 aromatic carbocycles. The van der Waals surface area contributed by atoms with Gasteiger partial charge in [0.1, 0.15) is 6.04 Å². The lowest BCUT2D eigenvalue weighted by molar-refractivity contribution is -0.117. The second kappa shape index (κ2) is 10.1. The Kier molecular flexibility index (Phi) is 8.80. The number of thioether (sulfide) groups is 1. The van der Waals surface area contributed by atoms with E-state index in [4.69, 9.17) is 0 Å². The first-order chi connectivity index (χ1) is 11.3. The van der Waals surface area contributed by atoms with Gasteiger partial charge in [0, 0.05) is 5.69 Å². The van der Waals surface area contributed by atoms with Crippen LogP contribution in [0.2, 0.25) is 0 Å². The Balaban J connectivity index is 2.79. The minimum atomic E-state index is -3.43. The van der Waals surface area contributed by atoms with Crippen molar-refractivity contribution in [3.63, 3.8) is 0 Å². The highest BCUT2D eigenvalue weighted by Crippen LogP contribution is 2.20. The van der Waals surface area contributed by atoms with Crippen LogP contribution in [0, 0.1) is 0 Å². The third kappa shape index (κ3) is 6.83. The molecule has 1 aromatic rings. The molecule has 0 fully saturated rings. The maximum Gasteiger partial charge on any atom is 0.242 e. The second-order valence-electron chi connectivity index (χ2n) is 5.78. The summed E-state index contributed by atoms with van der Waals surface area (Å²) in [6.07, 6.45) is 3.44. The summed E-state index contributed by atoms with van der Waals surface area (Å²) in [4.78, 5) is 12.4. The van der Waals surface area contributed by atoms with Crippen LogP contribution in [-0.4, -0.2) is 38.1 Å². The zero-order valence-corrected chi connectivity index (χ0v) is 16.5. The van der Waals surface area contributed by atoms with Gasteiger partial charge in [-0.3, -0.25) is 4.79 Å². The number of nitrogens with one attached hydrogen (secondary N) is 2. The zero-order valence-electron chi connectivity index (χ0n) is 14.8. The van der Waals surface area contributed by atoms with Crippen LogP contribution in [0.3, 0.4) is 0 Å². The molecule has 0 aliphatic heterocycles. The van der Waals surface area contributed by atoms with Crippen LogP contribution < -0.4 is 10.0 Å². The van der Waals surface area contributed by atoms with E-state index >= 15 is 0 Å². The number of benzene rings is 1. The van der Waals surface area contributed by atoms with Crippen LogP contribution in [0.15, 0.2) is 24.3 Å². The lowest BCUT2D eigenvalue weighted by atomic mass is 9.98. The SMILES string of the molecule is CCC(C)c1ccc(NC(=O)C(CCSC)NS(=O)(=O)CC)cc1.